The molecule has 0 spiro atoms. The lowest BCUT2D eigenvalue weighted by atomic mass is 10.2. The Hall–Kier alpha value is -1.37. The molecule has 1 aromatic heterocycles. The van der Waals surface area contributed by atoms with Gasteiger partial charge in [0.2, 0.25) is 5.95 Å². The van der Waals surface area contributed by atoms with E-state index >= 15 is 0 Å². The number of hydrogen-bond donors (Lipinski definition) is 1. The second kappa shape index (κ2) is 5.81. The molecule has 0 aliphatic rings. The molecule has 1 rings (SSSR count). The van der Waals surface area contributed by atoms with E-state index < -0.39 is 34.0 Å². The van der Waals surface area contributed by atoms with Crippen LogP contribution in [0.25, 0.3) is 0 Å². The van der Waals surface area contributed by atoms with Crippen molar-refractivity contribution in [1.82, 2.24) is 10.3 Å². The minimum atomic E-state index is -1.32. The van der Waals surface area contributed by atoms with Crippen molar-refractivity contribution in [1.29, 1.82) is 0 Å². The molecule has 0 radical (unpaired) electrons. The van der Waals surface area contributed by atoms with Gasteiger partial charge in [0, 0.05) is 35.0 Å². The summed E-state index contributed by atoms with van der Waals surface area (Å²) in [6.07, 6.45) is 2.51. The minimum Gasteiger partial charge on any atom is -0.351 e. The predicted molar refractivity (Wildman–Crippen MR) is 60.0 cm³/mol. The fourth-order valence-electron chi connectivity index (χ4n) is 1.04. The molecule has 1 amide bonds. The normalized spacial score (nSPS) is 14.1. The zero-order chi connectivity index (χ0) is 13.0. The van der Waals surface area contributed by atoms with E-state index in [1.807, 2.05) is 0 Å². The van der Waals surface area contributed by atoms with Crippen LogP contribution in [0.1, 0.15) is 17.3 Å². The number of hydrogen-bond acceptors (Lipinski definition) is 3. The highest BCUT2D eigenvalue weighted by Gasteiger charge is 2.16. The van der Waals surface area contributed by atoms with Crippen molar-refractivity contribution in [2.24, 2.45) is 0 Å². The predicted octanol–water partition coefficient (Wildman–Crippen LogP) is 0.857. The topological polar surface area (TPSA) is 59.1 Å². The van der Waals surface area contributed by atoms with Crippen molar-refractivity contribution in [3.05, 3.63) is 29.6 Å². The number of carbonyl (C=O) groups is 1. The second-order valence-electron chi connectivity index (χ2n) is 3.48. The molecule has 0 aliphatic carbocycles. The first kappa shape index (κ1) is 13.7. The van der Waals surface area contributed by atoms with Gasteiger partial charge in [0.05, 0.1) is 5.56 Å². The fraction of sp³-hybridized carbons (Fsp3) is 0.400. The number of nitrogens with zero attached hydrogens (tertiary/aromatic N) is 1. The van der Waals surface area contributed by atoms with Crippen LogP contribution in [0.5, 0.6) is 0 Å². The van der Waals surface area contributed by atoms with E-state index in [2.05, 4.69) is 10.3 Å². The summed E-state index contributed by atoms with van der Waals surface area (Å²) >= 11 is 0. The van der Waals surface area contributed by atoms with Crippen molar-refractivity contribution < 1.29 is 17.8 Å². The highest BCUT2D eigenvalue weighted by Crippen LogP contribution is 2.08. The minimum absolute atomic E-state index is 0.130. The fourth-order valence-corrected chi connectivity index (χ4v) is 1.36. The first-order valence-electron chi connectivity index (χ1n) is 4.84. The van der Waals surface area contributed by atoms with Gasteiger partial charge in [0.1, 0.15) is 0 Å². The summed E-state index contributed by atoms with van der Waals surface area (Å²) in [6, 6.07) is 1.08. The third-order valence-corrected chi connectivity index (χ3v) is 3.51. The van der Waals surface area contributed by atoms with E-state index in [-0.39, 0.29) is 11.8 Å². The first-order chi connectivity index (χ1) is 7.93. The van der Waals surface area contributed by atoms with Crippen LogP contribution in [0.3, 0.4) is 0 Å². The van der Waals surface area contributed by atoms with Gasteiger partial charge in [-0.15, -0.1) is 0 Å². The zero-order valence-corrected chi connectivity index (χ0v) is 10.2. The Balaban J connectivity index is 2.71. The molecule has 4 nitrogen and oxygen atoms in total. The van der Waals surface area contributed by atoms with Gasteiger partial charge in [-0.2, -0.15) is 4.39 Å². The van der Waals surface area contributed by atoms with Crippen LogP contribution in [0.15, 0.2) is 12.3 Å². The summed E-state index contributed by atoms with van der Waals surface area (Å²) in [4.78, 5) is 14.6. The lowest BCUT2D eigenvalue weighted by Gasteiger charge is -2.10. The number of amides is 1. The molecule has 1 N–H and O–H groups in total. The van der Waals surface area contributed by atoms with Crippen LogP contribution in [0, 0.1) is 11.8 Å². The van der Waals surface area contributed by atoms with E-state index in [0.29, 0.717) is 0 Å². The average molecular weight is 262 g/mol. The highest BCUT2D eigenvalue weighted by molar-refractivity contribution is 7.84. The van der Waals surface area contributed by atoms with Gasteiger partial charge in [0.15, 0.2) is 5.82 Å². The maximum atomic E-state index is 13.2. The van der Waals surface area contributed by atoms with Crippen LogP contribution in [-0.2, 0) is 10.8 Å². The van der Waals surface area contributed by atoms with E-state index in [1.54, 1.807) is 6.92 Å². The standard InChI is InChI=1S/C10H12F2N2O2S/c1-6(17(2)16)5-14-10(15)7-3-4-13-9(12)8(7)11/h3-4,6H,5H2,1-2H3,(H,14,15). The van der Waals surface area contributed by atoms with E-state index in [1.165, 1.54) is 6.26 Å². The number of aromatic nitrogens is 1. The molecule has 2 unspecified atom stereocenters. The highest BCUT2D eigenvalue weighted by atomic mass is 32.2. The van der Waals surface area contributed by atoms with Gasteiger partial charge in [-0.05, 0) is 13.0 Å². The summed E-state index contributed by atoms with van der Waals surface area (Å²) in [5, 5.41) is 2.13. The number of carbonyl (C=O) groups excluding carboxylic acids is 1. The molecule has 1 aromatic rings. The Labute approximate surface area is 99.9 Å². The molecule has 94 valence electrons. The van der Waals surface area contributed by atoms with Gasteiger partial charge in [-0.1, -0.05) is 0 Å². The number of halogens is 2. The Morgan fingerprint density at radius 2 is 2.24 bits per heavy atom. The van der Waals surface area contributed by atoms with E-state index in [4.69, 9.17) is 0 Å². The summed E-state index contributed by atoms with van der Waals surface area (Å²) in [6.45, 7) is 1.81. The van der Waals surface area contributed by atoms with Gasteiger partial charge in [-0.25, -0.2) is 9.37 Å². The maximum Gasteiger partial charge on any atom is 0.254 e. The first-order valence-corrected chi connectivity index (χ1v) is 6.46. The second-order valence-corrected chi connectivity index (χ2v) is 5.28. The summed E-state index contributed by atoms with van der Waals surface area (Å²) in [5.74, 6) is -3.35. The largest absolute Gasteiger partial charge is 0.351 e. The van der Waals surface area contributed by atoms with Crippen LogP contribution in [-0.4, -0.2) is 33.2 Å². The molecule has 17 heavy (non-hydrogen) atoms. The van der Waals surface area contributed by atoms with Gasteiger partial charge >= 0.3 is 0 Å². The Morgan fingerprint density at radius 3 is 2.82 bits per heavy atom. The van der Waals surface area contributed by atoms with Crippen molar-refractivity contribution in [3.8, 4) is 0 Å². The molecule has 0 aromatic carbocycles. The molecule has 2 atom stereocenters. The lowest BCUT2D eigenvalue weighted by Crippen LogP contribution is -2.33. The van der Waals surface area contributed by atoms with E-state index in [9.17, 15) is 17.8 Å². The Kier molecular flexibility index (Phi) is 4.68. The molecule has 0 bridgehead atoms. The number of pyridine rings is 1. The molecular weight excluding hydrogens is 250 g/mol. The Bertz CT molecular complexity index is 454. The molecule has 0 saturated heterocycles. The van der Waals surface area contributed by atoms with Crippen LogP contribution >= 0.6 is 0 Å². The third-order valence-electron chi connectivity index (χ3n) is 2.21. The summed E-state index contributed by atoms with van der Waals surface area (Å²) in [5.41, 5.74) is -0.411. The molecule has 1 heterocycles. The maximum absolute atomic E-state index is 13.2. The monoisotopic (exact) mass is 262 g/mol. The van der Waals surface area contributed by atoms with Gasteiger partial charge < -0.3 is 5.32 Å². The molecule has 0 aliphatic heterocycles. The summed E-state index contributed by atoms with van der Waals surface area (Å²) in [7, 11) is -1.09. The molecule has 7 heteroatoms. The van der Waals surface area contributed by atoms with Crippen LogP contribution in [0.4, 0.5) is 8.78 Å². The third kappa shape index (κ3) is 3.55. The molecule has 0 saturated carbocycles. The zero-order valence-electron chi connectivity index (χ0n) is 9.37. The SMILES string of the molecule is CC(CNC(=O)c1ccnc(F)c1F)S(C)=O. The average Bonchev–Trinajstić information content (AvgIpc) is 2.29. The summed E-state index contributed by atoms with van der Waals surface area (Å²) < 4.78 is 37.0. The number of nitrogens with one attached hydrogen (secondary N) is 1. The quantitative estimate of drug-likeness (QED) is 0.819. The molecular formula is C10H12F2N2O2S. The van der Waals surface area contributed by atoms with Crippen LogP contribution < -0.4 is 5.32 Å². The smallest absolute Gasteiger partial charge is 0.254 e. The molecule has 0 fully saturated rings. The van der Waals surface area contributed by atoms with Crippen molar-refractivity contribution in [2.75, 3.05) is 12.8 Å². The number of rotatable bonds is 4. The van der Waals surface area contributed by atoms with Gasteiger partial charge in [-0.3, -0.25) is 9.00 Å². The van der Waals surface area contributed by atoms with Crippen molar-refractivity contribution in [3.63, 3.8) is 0 Å². The lowest BCUT2D eigenvalue weighted by molar-refractivity contribution is 0.0948. The van der Waals surface area contributed by atoms with Crippen molar-refractivity contribution in [2.45, 2.75) is 12.2 Å². The van der Waals surface area contributed by atoms with E-state index in [0.717, 1.165) is 12.3 Å². The van der Waals surface area contributed by atoms with Crippen LogP contribution in [0.2, 0.25) is 0 Å². The van der Waals surface area contributed by atoms with Gasteiger partial charge in [0.25, 0.3) is 5.91 Å². The Morgan fingerprint density at radius 1 is 1.59 bits per heavy atom. The van der Waals surface area contributed by atoms with Crippen molar-refractivity contribution >= 4 is 16.7 Å².